The van der Waals surface area contributed by atoms with Gasteiger partial charge in [0, 0.05) is 116 Å². The lowest BCUT2D eigenvalue weighted by molar-refractivity contribution is -0.133. The number of amides is 6. The minimum absolute atomic E-state index is 0.0108. The summed E-state index contributed by atoms with van der Waals surface area (Å²) in [4.78, 5) is 85.8. The molecule has 0 aliphatic carbocycles. The average Bonchev–Trinajstić information content (AvgIpc) is 0.798. The predicted octanol–water partition coefficient (Wildman–Crippen LogP) is -1.84. The van der Waals surface area contributed by atoms with Crippen LogP contribution in [0.5, 0.6) is 0 Å². The minimum Gasteiger partial charge on any atom is -0.379 e. The van der Waals surface area contributed by atoms with Gasteiger partial charge in [-0.2, -0.15) is 0 Å². The lowest BCUT2D eigenvalue weighted by Crippen LogP contribution is -2.60. The molecule has 3 rings (SSSR count). The summed E-state index contributed by atoms with van der Waals surface area (Å²) in [7, 11) is 0. The highest BCUT2D eigenvalue weighted by molar-refractivity contribution is 5.97. The van der Waals surface area contributed by atoms with Crippen LogP contribution in [0.25, 0.3) is 0 Å². The second-order valence-electron chi connectivity index (χ2n) is 27.1. The third-order valence-corrected chi connectivity index (χ3v) is 16.8. The third-order valence-electron chi connectivity index (χ3n) is 16.8. The Balaban J connectivity index is 1.98. The van der Waals surface area contributed by atoms with Crippen LogP contribution in [0, 0.1) is 11.8 Å². The van der Waals surface area contributed by atoms with E-state index in [2.05, 4.69) is 38.4 Å². The zero-order chi connectivity index (χ0) is 79.9. The highest BCUT2D eigenvalue weighted by Crippen LogP contribution is 2.27. The number of carbonyl (C=O) groups is 6. The maximum Gasteiger partial charge on any atom is 0.227 e. The van der Waals surface area contributed by atoms with Crippen LogP contribution in [0.4, 0.5) is 5.69 Å². The molecule has 0 fully saturated rings. The van der Waals surface area contributed by atoms with Crippen molar-refractivity contribution in [2.75, 3.05) is 242 Å². The van der Waals surface area contributed by atoms with Gasteiger partial charge in [-0.3, -0.25) is 28.8 Å². The van der Waals surface area contributed by atoms with E-state index in [0.29, 0.717) is 187 Å². The van der Waals surface area contributed by atoms with E-state index in [4.69, 9.17) is 113 Å². The van der Waals surface area contributed by atoms with Crippen molar-refractivity contribution in [3.63, 3.8) is 0 Å². The SMILES string of the molecule is NCCCOCC(COCCCN)(COCCCN)NC(=O)CCOCC(COCCC(=O)NC(COCCCN)(COCCCN)COCCCN)(COCCC(=O)NC(COCCCN)(COCCCN)COCCCN)NC(=O)CCOCCNC(=O)CCC(=O)N1Cc2ccccc2C#Cc2ccccc21. The summed E-state index contributed by atoms with van der Waals surface area (Å²) in [6.45, 7) is 5.20. The van der Waals surface area contributed by atoms with Gasteiger partial charge >= 0.3 is 0 Å². The largest absolute Gasteiger partial charge is 0.379 e. The average molecular weight is 1560 g/mol. The number of ether oxygens (including phenoxy) is 13. The molecule has 0 bridgehead atoms. The fourth-order valence-corrected chi connectivity index (χ4v) is 10.9. The van der Waals surface area contributed by atoms with Gasteiger partial charge in [0.2, 0.25) is 35.4 Å². The Morgan fingerprint density at radius 2 is 0.573 bits per heavy atom. The van der Waals surface area contributed by atoms with Crippen molar-refractivity contribution < 1.29 is 90.3 Å². The topological polar surface area (TPSA) is 520 Å². The van der Waals surface area contributed by atoms with Crippen LogP contribution in [-0.2, 0) is 96.9 Å². The van der Waals surface area contributed by atoms with E-state index in [1.54, 1.807) is 4.90 Å². The number of para-hydroxylation sites is 1. The van der Waals surface area contributed by atoms with E-state index >= 15 is 0 Å². The normalized spacial score (nSPS) is 12.4. The number of hydrogen-bond acceptors (Lipinski definition) is 28. The number of fused-ring (bicyclic) bond motifs is 2. The van der Waals surface area contributed by atoms with E-state index in [1.165, 1.54) is 0 Å². The number of hydrogen-bond donors (Lipinski definition) is 14. The molecule has 0 unspecified atom stereocenters. The van der Waals surface area contributed by atoms with Crippen LogP contribution < -0.4 is 83.1 Å². The Morgan fingerprint density at radius 3 is 0.882 bits per heavy atom. The summed E-state index contributed by atoms with van der Waals surface area (Å²) in [5.74, 6) is 3.90. The first-order valence-electron chi connectivity index (χ1n) is 38.9. The third kappa shape index (κ3) is 43.8. The van der Waals surface area contributed by atoms with Crippen molar-refractivity contribution in [2.45, 2.75) is 125 Å². The molecule has 34 nitrogen and oxygen atoms in total. The smallest absolute Gasteiger partial charge is 0.227 e. The Morgan fingerprint density at radius 1 is 0.309 bits per heavy atom. The van der Waals surface area contributed by atoms with Gasteiger partial charge in [-0.05, 0) is 140 Å². The molecule has 6 amide bonds. The van der Waals surface area contributed by atoms with Gasteiger partial charge in [0.1, 0.15) is 22.2 Å². The molecular weight excluding hydrogens is 1430 g/mol. The molecule has 0 aromatic heterocycles. The molecular formula is C76H135N15O19. The van der Waals surface area contributed by atoms with Gasteiger partial charge in [-0.15, -0.1) is 0 Å². The molecule has 34 heteroatoms. The maximum absolute atomic E-state index is 14.5. The molecule has 2 aromatic carbocycles. The summed E-state index contributed by atoms with van der Waals surface area (Å²) in [6.07, 6.45) is 4.14. The van der Waals surface area contributed by atoms with Crippen LogP contribution in [0.1, 0.15) is 113 Å². The summed E-state index contributed by atoms with van der Waals surface area (Å²) >= 11 is 0. The molecule has 23 N–H and O–H groups in total. The van der Waals surface area contributed by atoms with Crippen molar-refractivity contribution in [3.8, 4) is 11.8 Å². The summed E-state index contributed by atoms with van der Waals surface area (Å²) in [6, 6.07) is 15.0. The van der Waals surface area contributed by atoms with Gasteiger partial charge in [-0.25, -0.2) is 0 Å². The number of nitrogens with two attached hydrogens (primary N) is 9. The van der Waals surface area contributed by atoms with E-state index in [-0.39, 0.29) is 176 Å². The Bertz CT molecular complexity index is 2600. The van der Waals surface area contributed by atoms with Gasteiger partial charge in [0.15, 0.2) is 0 Å². The fourth-order valence-electron chi connectivity index (χ4n) is 10.9. The Labute approximate surface area is 651 Å². The zero-order valence-electron chi connectivity index (χ0n) is 65.3. The van der Waals surface area contributed by atoms with E-state index in [0.717, 1.165) is 11.1 Å². The lowest BCUT2D eigenvalue weighted by Gasteiger charge is -2.36. The number of nitrogens with one attached hydrogen (secondary N) is 5. The van der Waals surface area contributed by atoms with E-state index in [9.17, 15) is 28.8 Å². The molecule has 0 atom stereocenters. The molecule has 0 radical (unpaired) electrons. The highest BCUT2D eigenvalue weighted by atomic mass is 16.5. The fraction of sp³-hybridized carbons (Fsp3) is 0.737. The molecule has 1 heterocycles. The van der Waals surface area contributed by atoms with Crippen LogP contribution in [-0.4, -0.2) is 295 Å². The molecule has 1 aliphatic rings. The summed E-state index contributed by atoms with van der Waals surface area (Å²) in [5, 5.41) is 15.1. The number of anilines is 1. The first kappa shape index (κ1) is 98.1. The second-order valence-corrected chi connectivity index (χ2v) is 27.1. The van der Waals surface area contributed by atoms with E-state index < -0.39 is 45.8 Å². The standard InChI is InChI=1S/C76H135N15O19/c77-26-5-36-99-51-73(52-100-37-6-27-78,53-101-38-7-28-79)88-69(94)23-46-108-60-76(61-109-47-24-70(95)89-74(54-102-39-8-29-80,55-103-40-9-30-81)56-104-41-10-31-82,62-110-48-25-71(96)90-75(57-105-42-11-32-83,58-106-43-12-33-84)59-107-44-13-34-85)87-68(93)22-45-98-49-35-86-67(92)20-21-72(97)91-50-65-16-2-1-14-63(65)18-19-64-15-3-4-17-66(64)91/h1-4,14-17H,5-13,20-62,77-85H2,(H,86,92)(H,87,93)(H,88,94)(H,89,95)(H,90,96). The Hall–Kier alpha value is -6.06. The van der Waals surface area contributed by atoms with Crippen molar-refractivity contribution >= 4 is 41.1 Å². The second kappa shape index (κ2) is 62.4. The van der Waals surface area contributed by atoms with Crippen LogP contribution in [0.2, 0.25) is 0 Å². The predicted molar refractivity (Wildman–Crippen MR) is 418 cm³/mol. The molecule has 0 saturated carbocycles. The highest BCUT2D eigenvalue weighted by Gasteiger charge is 2.39. The van der Waals surface area contributed by atoms with Crippen LogP contribution in [0.3, 0.4) is 0 Å². The quantitative estimate of drug-likeness (QED) is 0.0256. The van der Waals surface area contributed by atoms with Crippen LogP contribution in [0.15, 0.2) is 48.5 Å². The van der Waals surface area contributed by atoms with E-state index in [1.807, 2.05) is 48.5 Å². The molecule has 0 saturated heterocycles. The summed E-state index contributed by atoms with van der Waals surface area (Å²) in [5.41, 5.74) is 50.1. The maximum atomic E-state index is 14.5. The van der Waals surface area contributed by atoms with Crippen LogP contribution >= 0.6 is 0 Å². The van der Waals surface area contributed by atoms with Gasteiger partial charge < -0.3 is 145 Å². The molecule has 1 aliphatic heterocycles. The molecule has 0 spiro atoms. The number of nitrogens with zero attached hydrogens (tertiary/aromatic N) is 1. The molecule has 110 heavy (non-hydrogen) atoms. The molecule has 2 aromatic rings. The van der Waals surface area contributed by atoms with Gasteiger partial charge in [0.25, 0.3) is 0 Å². The van der Waals surface area contributed by atoms with Crippen molar-refractivity contribution in [3.05, 3.63) is 65.2 Å². The monoisotopic (exact) mass is 1560 g/mol. The first-order chi connectivity index (χ1) is 53.6. The first-order valence-corrected chi connectivity index (χ1v) is 38.9. The molecule has 628 valence electrons. The van der Waals surface area contributed by atoms with Crippen molar-refractivity contribution in [2.24, 2.45) is 51.6 Å². The summed E-state index contributed by atoms with van der Waals surface area (Å²) < 4.78 is 79.3. The van der Waals surface area contributed by atoms with Gasteiger partial charge in [0.05, 0.1) is 125 Å². The Kier molecular flexibility index (Phi) is 55.7. The zero-order valence-corrected chi connectivity index (χ0v) is 65.3. The van der Waals surface area contributed by atoms with Crippen molar-refractivity contribution in [1.29, 1.82) is 0 Å². The number of benzene rings is 2. The van der Waals surface area contributed by atoms with Crippen molar-refractivity contribution in [1.82, 2.24) is 26.6 Å². The minimum atomic E-state index is -1.59. The lowest BCUT2D eigenvalue weighted by atomic mass is 10.0. The van der Waals surface area contributed by atoms with Gasteiger partial charge in [-0.1, -0.05) is 42.2 Å². The number of carbonyl (C=O) groups excluding carboxylic acids is 6. The number of rotatable bonds is 73.